The summed E-state index contributed by atoms with van der Waals surface area (Å²) in [5.74, 6) is -0.390. The van der Waals surface area contributed by atoms with Gasteiger partial charge >= 0.3 is 0 Å². The molecule has 0 aliphatic heterocycles. The smallest absolute Gasteiger partial charge is 0.197 e. The summed E-state index contributed by atoms with van der Waals surface area (Å²) in [6.45, 7) is 8.27. The van der Waals surface area contributed by atoms with Crippen molar-refractivity contribution in [3.8, 4) is 0 Å². The second-order valence-electron chi connectivity index (χ2n) is 6.73. The largest absolute Gasteiger partial charge is 0.346 e. The standard InChI is InChI=1S/C22H39NO2/c1-4-7-8-9-10-12-17-21(18-19-23)22(24-5-2,25-6-3)20-15-13-11-14-16-20/h11,13-16,21H,4-10,12,17-19,23H2,1-3H3. The lowest BCUT2D eigenvalue weighted by Gasteiger charge is -2.40. The summed E-state index contributed by atoms with van der Waals surface area (Å²) >= 11 is 0. The Hall–Kier alpha value is -0.900. The van der Waals surface area contributed by atoms with Crippen LogP contribution in [0.1, 0.15) is 77.7 Å². The van der Waals surface area contributed by atoms with Crippen LogP contribution in [0, 0.1) is 5.92 Å². The first-order valence-electron chi connectivity index (χ1n) is 10.3. The summed E-state index contributed by atoms with van der Waals surface area (Å²) < 4.78 is 12.6. The third-order valence-electron chi connectivity index (χ3n) is 4.85. The van der Waals surface area contributed by atoms with E-state index in [4.69, 9.17) is 15.2 Å². The minimum absolute atomic E-state index is 0.283. The average Bonchev–Trinajstić information content (AvgIpc) is 2.64. The normalized spacial score (nSPS) is 13.1. The minimum atomic E-state index is -0.673. The van der Waals surface area contributed by atoms with Crippen molar-refractivity contribution in [1.82, 2.24) is 0 Å². The lowest BCUT2D eigenvalue weighted by Crippen LogP contribution is -2.42. The summed E-state index contributed by atoms with van der Waals surface area (Å²) in [6, 6.07) is 10.4. The molecule has 0 aliphatic rings. The third-order valence-corrected chi connectivity index (χ3v) is 4.85. The van der Waals surface area contributed by atoms with E-state index >= 15 is 0 Å². The van der Waals surface area contributed by atoms with Crippen LogP contribution in [0.15, 0.2) is 30.3 Å². The first-order valence-corrected chi connectivity index (χ1v) is 10.3. The molecule has 0 amide bonds. The fourth-order valence-electron chi connectivity index (χ4n) is 3.68. The molecular weight excluding hydrogens is 310 g/mol. The molecule has 0 saturated carbocycles. The SMILES string of the molecule is CCCCCCCCC(CCN)C(OCC)(OCC)c1ccccc1. The van der Waals surface area contributed by atoms with Gasteiger partial charge in [0.1, 0.15) is 0 Å². The van der Waals surface area contributed by atoms with Gasteiger partial charge in [-0.1, -0.05) is 75.8 Å². The first kappa shape index (κ1) is 22.1. The molecular formula is C22H39NO2. The Balaban J connectivity index is 2.88. The van der Waals surface area contributed by atoms with Gasteiger partial charge in [0.15, 0.2) is 5.79 Å². The molecule has 0 saturated heterocycles. The van der Waals surface area contributed by atoms with E-state index in [0.717, 1.165) is 18.4 Å². The molecule has 1 rings (SSSR count). The van der Waals surface area contributed by atoms with E-state index in [1.165, 1.54) is 38.5 Å². The van der Waals surface area contributed by atoms with E-state index in [1.807, 2.05) is 19.9 Å². The molecule has 0 bridgehead atoms. The molecule has 0 heterocycles. The van der Waals surface area contributed by atoms with Gasteiger partial charge in [0.05, 0.1) is 0 Å². The molecule has 2 N–H and O–H groups in total. The van der Waals surface area contributed by atoms with Gasteiger partial charge in [-0.05, 0) is 33.2 Å². The van der Waals surface area contributed by atoms with Gasteiger partial charge in [-0.3, -0.25) is 0 Å². The van der Waals surface area contributed by atoms with E-state index in [0.29, 0.717) is 19.8 Å². The molecule has 144 valence electrons. The molecule has 0 spiro atoms. The zero-order valence-corrected chi connectivity index (χ0v) is 16.6. The summed E-state index contributed by atoms with van der Waals surface area (Å²) in [5.41, 5.74) is 7.07. The summed E-state index contributed by atoms with van der Waals surface area (Å²) in [5, 5.41) is 0. The lowest BCUT2D eigenvalue weighted by atomic mass is 9.84. The highest BCUT2D eigenvalue weighted by Gasteiger charge is 2.41. The van der Waals surface area contributed by atoms with Crippen LogP contribution in [0.25, 0.3) is 0 Å². The number of unbranched alkanes of at least 4 members (excludes halogenated alkanes) is 5. The van der Waals surface area contributed by atoms with E-state index in [-0.39, 0.29) is 5.92 Å². The van der Waals surface area contributed by atoms with Crippen LogP contribution in [0.4, 0.5) is 0 Å². The second-order valence-corrected chi connectivity index (χ2v) is 6.73. The van der Waals surface area contributed by atoms with Crippen LogP contribution in [-0.2, 0) is 15.3 Å². The predicted octanol–water partition coefficient (Wildman–Crippen LogP) is 5.63. The molecule has 1 aromatic carbocycles. The highest BCUT2D eigenvalue weighted by atomic mass is 16.7. The number of hydrogen-bond donors (Lipinski definition) is 1. The molecule has 3 nitrogen and oxygen atoms in total. The van der Waals surface area contributed by atoms with Crippen molar-refractivity contribution in [3.05, 3.63) is 35.9 Å². The number of nitrogens with two attached hydrogens (primary N) is 1. The van der Waals surface area contributed by atoms with Gasteiger partial charge in [-0.2, -0.15) is 0 Å². The highest BCUT2D eigenvalue weighted by Crippen LogP contribution is 2.40. The van der Waals surface area contributed by atoms with Gasteiger partial charge in [-0.25, -0.2) is 0 Å². The van der Waals surface area contributed by atoms with E-state index < -0.39 is 5.79 Å². The van der Waals surface area contributed by atoms with E-state index in [2.05, 4.69) is 31.2 Å². The Morgan fingerprint density at radius 2 is 1.44 bits per heavy atom. The zero-order valence-electron chi connectivity index (χ0n) is 16.6. The minimum Gasteiger partial charge on any atom is -0.346 e. The quantitative estimate of drug-likeness (QED) is 0.330. The summed E-state index contributed by atoms with van der Waals surface area (Å²) in [6.07, 6.45) is 9.82. The summed E-state index contributed by atoms with van der Waals surface area (Å²) in [7, 11) is 0. The molecule has 1 unspecified atom stereocenters. The molecule has 0 fully saturated rings. The maximum absolute atomic E-state index is 6.29. The van der Waals surface area contributed by atoms with Gasteiger partial charge < -0.3 is 15.2 Å². The van der Waals surface area contributed by atoms with Crippen LogP contribution < -0.4 is 5.73 Å². The second kappa shape index (κ2) is 13.3. The van der Waals surface area contributed by atoms with Crippen molar-refractivity contribution < 1.29 is 9.47 Å². The van der Waals surface area contributed by atoms with Crippen LogP contribution in [0.2, 0.25) is 0 Å². The molecule has 0 radical (unpaired) electrons. The fraction of sp³-hybridized carbons (Fsp3) is 0.727. The van der Waals surface area contributed by atoms with Crippen molar-refractivity contribution in [2.45, 2.75) is 77.9 Å². The third kappa shape index (κ3) is 7.08. The Bertz CT molecular complexity index is 415. The monoisotopic (exact) mass is 349 g/mol. The Kier molecular flexibility index (Phi) is 11.8. The molecule has 0 aliphatic carbocycles. The molecule has 0 aromatic heterocycles. The van der Waals surface area contributed by atoms with Crippen molar-refractivity contribution >= 4 is 0 Å². The van der Waals surface area contributed by atoms with Crippen LogP contribution in [0.5, 0.6) is 0 Å². The number of hydrogen-bond acceptors (Lipinski definition) is 3. The van der Waals surface area contributed by atoms with Gasteiger partial charge in [-0.15, -0.1) is 0 Å². The average molecular weight is 350 g/mol. The molecule has 1 atom stereocenters. The van der Waals surface area contributed by atoms with Gasteiger partial charge in [0.25, 0.3) is 0 Å². The van der Waals surface area contributed by atoms with Crippen molar-refractivity contribution in [3.63, 3.8) is 0 Å². The maximum atomic E-state index is 6.29. The molecule has 3 heteroatoms. The fourth-order valence-corrected chi connectivity index (χ4v) is 3.68. The molecule has 25 heavy (non-hydrogen) atoms. The highest BCUT2D eigenvalue weighted by molar-refractivity contribution is 5.21. The Labute approximate surface area is 155 Å². The topological polar surface area (TPSA) is 44.5 Å². The predicted molar refractivity (Wildman–Crippen MR) is 107 cm³/mol. The zero-order chi connectivity index (χ0) is 18.4. The number of benzene rings is 1. The maximum Gasteiger partial charge on any atom is 0.197 e. The van der Waals surface area contributed by atoms with Gasteiger partial charge in [0, 0.05) is 24.7 Å². The molecule has 1 aromatic rings. The number of rotatable bonds is 15. The Morgan fingerprint density at radius 1 is 0.840 bits per heavy atom. The lowest BCUT2D eigenvalue weighted by molar-refractivity contribution is -0.276. The first-order chi connectivity index (χ1) is 12.2. The van der Waals surface area contributed by atoms with Gasteiger partial charge in [0.2, 0.25) is 0 Å². The number of ether oxygens (including phenoxy) is 2. The van der Waals surface area contributed by atoms with E-state index in [1.54, 1.807) is 0 Å². The summed E-state index contributed by atoms with van der Waals surface area (Å²) in [4.78, 5) is 0. The van der Waals surface area contributed by atoms with Crippen molar-refractivity contribution in [2.75, 3.05) is 19.8 Å². The van der Waals surface area contributed by atoms with Crippen LogP contribution >= 0.6 is 0 Å². The van der Waals surface area contributed by atoms with Crippen LogP contribution in [0.3, 0.4) is 0 Å². The van der Waals surface area contributed by atoms with Crippen molar-refractivity contribution in [2.24, 2.45) is 11.7 Å². The Morgan fingerprint density at radius 3 is 2.00 bits per heavy atom. The van der Waals surface area contributed by atoms with Crippen LogP contribution in [-0.4, -0.2) is 19.8 Å². The van der Waals surface area contributed by atoms with Crippen molar-refractivity contribution in [1.29, 1.82) is 0 Å². The van der Waals surface area contributed by atoms with E-state index in [9.17, 15) is 0 Å².